The van der Waals surface area contributed by atoms with Crippen LogP contribution < -0.4 is 4.90 Å². The van der Waals surface area contributed by atoms with E-state index in [9.17, 15) is 10.1 Å². The number of carbonyl (C=O) groups excluding carboxylic acids is 1. The minimum absolute atomic E-state index is 0.0663. The zero-order valence-electron chi connectivity index (χ0n) is 13.5. The zero-order chi connectivity index (χ0) is 17.1. The lowest BCUT2D eigenvalue weighted by atomic mass is 9.95. The molecule has 0 N–H and O–H groups in total. The molecule has 1 aliphatic rings. The Bertz CT molecular complexity index is 808. The van der Waals surface area contributed by atoms with Crippen molar-refractivity contribution >= 4 is 34.2 Å². The fourth-order valence-electron chi connectivity index (χ4n) is 3.17. The molecule has 3 rings (SSSR count). The number of hydrogen-bond acceptors (Lipinski definition) is 5. The predicted molar refractivity (Wildman–Crippen MR) is 93.0 cm³/mol. The molecule has 0 unspecified atom stereocenters. The highest BCUT2D eigenvalue weighted by atomic mass is 35.5. The van der Waals surface area contributed by atoms with Gasteiger partial charge in [0.25, 0.3) is 0 Å². The summed E-state index contributed by atoms with van der Waals surface area (Å²) in [6, 6.07) is 7.71. The monoisotopic (exact) mass is 343 g/mol. The summed E-state index contributed by atoms with van der Waals surface area (Å²) >= 11 is 6.13. The summed E-state index contributed by atoms with van der Waals surface area (Å²) in [5, 5.41) is 10.9. The van der Waals surface area contributed by atoms with Gasteiger partial charge in [0.15, 0.2) is 0 Å². The Morgan fingerprint density at radius 1 is 1.46 bits per heavy atom. The number of halogens is 1. The molecule has 1 fully saturated rings. The maximum atomic E-state index is 11.9. The second kappa shape index (κ2) is 7.06. The summed E-state index contributed by atoms with van der Waals surface area (Å²) < 4.78 is 5.12. The van der Waals surface area contributed by atoms with Crippen molar-refractivity contribution in [3.8, 4) is 6.07 Å². The summed E-state index contributed by atoms with van der Waals surface area (Å²) in [5.74, 6) is -0.191. The lowest BCUT2D eigenvalue weighted by Gasteiger charge is -2.33. The molecule has 1 aromatic heterocycles. The normalized spacial score (nSPS) is 15.3. The van der Waals surface area contributed by atoms with E-state index >= 15 is 0 Å². The molecule has 0 saturated carbocycles. The summed E-state index contributed by atoms with van der Waals surface area (Å²) in [4.78, 5) is 18.4. The van der Waals surface area contributed by atoms with Gasteiger partial charge in [-0.15, -0.1) is 0 Å². The van der Waals surface area contributed by atoms with Gasteiger partial charge in [0.05, 0.1) is 29.3 Å². The second-order valence-corrected chi connectivity index (χ2v) is 6.24. The Kier molecular flexibility index (Phi) is 4.86. The van der Waals surface area contributed by atoms with Gasteiger partial charge in [0.2, 0.25) is 0 Å². The van der Waals surface area contributed by atoms with Gasteiger partial charge < -0.3 is 9.64 Å². The maximum Gasteiger partial charge on any atom is 0.309 e. The smallest absolute Gasteiger partial charge is 0.309 e. The number of pyridine rings is 1. The topological polar surface area (TPSA) is 66.2 Å². The van der Waals surface area contributed by atoms with Crippen LogP contribution in [0.5, 0.6) is 0 Å². The van der Waals surface area contributed by atoms with E-state index in [1.165, 1.54) is 0 Å². The number of ether oxygens (including phenoxy) is 1. The summed E-state index contributed by atoms with van der Waals surface area (Å²) in [7, 11) is 0. The Balaban J connectivity index is 1.91. The van der Waals surface area contributed by atoms with E-state index in [4.69, 9.17) is 16.3 Å². The van der Waals surface area contributed by atoms with Gasteiger partial charge >= 0.3 is 5.97 Å². The number of esters is 1. The van der Waals surface area contributed by atoms with E-state index in [1.54, 1.807) is 12.3 Å². The van der Waals surface area contributed by atoms with Crippen LogP contribution >= 0.6 is 11.6 Å². The fourth-order valence-corrected chi connectivity index (χ4v) is 3.34. The molecule has 0 aliphatic carbocycles. The van der Waals surface area contributed by atoms with Gasteiger partial charge in [-0.2, -0.15) is 5.26 Å². The van der Waals surface area contributed by atoms with Crippen LogP contribution in [0.25, 0.3) is 10.9 Å². The minimum Gasteiger partial charge on any atom is -0.466 e. The highest BCUT2D eigenvalue weighted by molar-refractivity contribution is 6.31. The van der Waals surface area contributed by atoms with Crippen molar-refractivity contribution in [2.45, 2.75) is 19.8 Å². The highest BCUT2D eigenvalue weighted by Gasteiger charge is 2.28. The van der Waals surface area contributed by atoms with E-state index in [-0.39, 0.29) is 11.9 Å². The molecule has 24 heavy (non-hydrogen) atoms. The Morgan fingerprint density at radius 2 is 2.21 bits per heavy atom. The number of carbonyl (C=O) groups is 1. The highest BCUT2D eigenvalue weighted by Crippen LogP contribution is 2.34. The molecular weight excluding hydrogens is 326 g/mol. The molecule has 1 saturated heterocycles. The van der Waals surface area contributed by atoms with Crippen molar-refractivity contribution in [1.82, 2.24) is 4.98 Å². The third-order valence-corrected chi connectivity index (χ3v) is 4.59. The minimum atomic E-state index is -0.125. The fraction of sp³-hybridized carbons (Fsp3) is 0.389. The number of nitriles is 1. The second-order valence-electron chi connectivity index (χ2n) is 5.81. The first-order valence-corrected chi connectivity index (χ1v) is 8.41. The predicted octanol–water partition coefficient (Wildman–Crippen LogP) is 3.54. The van der Waals surface area contributed by atoms with E-state index in [0.29, 0.717) is 43.1 Å². The average molecular weight is 344 g/mol. The molecule has 1 aromatic carbocycles. The number of aromatic nitrogens is 1. The molecular formula is C18H18ClN3O2. The summed E-state index contributed by atoms with van der Waals surface area (Å²) in [6.07, 6.45) is 3.03. The first-order chi connectivity index (χ1) is 11.6. The van der Waals surface area contributed by atoms with Gasteiger partial charge in [0, 0.05) is 29.7 Å². The lowest BCUT2D eigenvalue weighted by molar-refractivity contribution is -0.148. The Hall–Kier alpha value is -2.32. The van der Waals surface area contributed by atoms with Crippen molar-refractivity contribution in [3.05, 3.63) is 35.0 Å². The number of rotatable bonds is 3. The molecule has 2 aromatic rings. The molecule has 0 spiro atoms. The van der Waals surface area contributed by atoms with Crippen LogP contribution in [0.15, 0.2) is 24.4 Å². The average Bonchev–Trinajstić information content (AvgIpc) is 2.61. The third-order valence-electron chi connectivity index (χ3n) is 4.35. The van der Waals surface area contributed by atoms with E-state index in [1.807, 2.05) is 19.1 Å². The number of piperidine rings is 1. The summed E-state index contributed by atoms with van der Waals surface area (Å²) in [5.41, 5.74) is 2.19. The molecule has 1 aliphatic heterocycles. The van der Waals surface area contributed by atoms with Crippen molar-refractivity contribution in [3.63, 3.8) is 0 Å². The molecule has 124 valence electrons. The van der Waals surface area contributed by atoms with Gasteiger partial charge in [-0.25, -0.2) is 0 Å². The van der Waals surface area contributed by atoms with Crippen LogP contribution in [0.3, 0.4) is 0 Å². The Labute approximate surface area is 145 Å². The summed E-state index contributed by atoms with van der Waals surface area (Å²) in [6.45, 7) is 3.62. The molecule has 2 heterocycles. The molecule has 5 nitrogen and oxygen atoms in total. The van der Waals surface area contributed by atoms with Gasteiger partial charge in [-0.3, -0.25) is 9.78 Å². The molecule has 0 bridgehead atoms. The molecule has 6 heteroatoms. The van der Waals surface area contributed by atoms with Crippen LogP contribution in [0, 0.1) is 17.2 Å². The van der Waals surface area contributed by atoms with Crippen molar-refractivity contribution < 1.29 is 9.53 Å². The van der Waals surface area contributed by atoms with E-state index in [2.05, 4.69) is 16.0 Å². The number of benzene rings is 1. The number of anilines is 1. The van der Waals surface area contributed by atoms with Crippen LogP contribution in [0.1, 0.15) is 25.3 Å². The van der Waals surface area contributed by atoms with Crippen LogP contribution in [-0.2, 0) is 9.53 Å². The first kappa shape index (κ1) is 16.5. The Morgan fingerprint density at radius 3 is 2.88 bits per heavy atom. The lowest BCUT2D eigenvalue weighted by Crippen LogP contribution is -2.37. The van der Waals surface area contributed by atoms with Crippen molar-refractivity contribution in [2.75, 3.05) is 24.6 Å². The van der Waals surface area contributed by atoms with Gasteiger partial charge in [-0.1, -0.05) is 11.6 Å². The molecule has 0 radical (unpaired) electrons. The SMILES string of the molecule is CCOC(=O)C1CCN(c2c(C#N)cnc3ccc(Cl)cc23)CC1. The van der Waals surface area contributed by atoms with Crippen LogP contribution in [0.2, 0.25) is 5.02 Å². The van der Waals surface area contributed by atoms with Crippen molar-refractivity contribution in [2.24, 2.45) is 5.92 Å². The molecule has 0 amide bonds. The number of nitrogens with zero attached hydrogens (tertiary/aromatic N) is 3. The van der Waals surface area contributed by atoms with Crippen molar-refractivity contribution in [1.29, 1.82) is 5.26 Å². The third kappa shape index (κ3) is 3.15. The quantitative estimate of drug-likeness (QED) is 0.797. The van der Waals surface area contributed by atoms with Gasteiger partial charge in [0.1, 0.15) is 6.07 Å². The number of fused-ring (bicyclic) bond motifs is 1. The van der Waals surface area contributed by atoms with E-state index in [0.717, 1.165) is 16.6 Å². The number of hydrogen-bond donors (Lipinski definition) is 0. The first-order valence-electron chi connectivity index (χ1n) is 8.04. The largest absolute Gasteiger partial charge is 0.466 e. The van der Waals surface area contributed by atoms with Gasteiger partial charge in [-0.05, 0) is 38.0 Å². The molecule has 0 atom stereocenters. The standard InChI is InChI=1S/C18H18ClN3O2/c1-2-24-18(23)12-5-7-22(8-6-12)17-13(10-20)11-21-16-4-3-14(19)9-15(16)17/h3-4,9,11-12H,2,5-8H2,1H3. The zero-order valence-corrected chi connectivity index (χ0v) is 14.2. The van der Waals surface area contributed by atoms with Crippen LogP contribution in [0.4, 0.5) is 5.69 Å². The maximum absolute atomic E-state index is 11.9. The van der Waals surface area contributed by atoms with E-state index < -0.39 is 0 Å². The van der Waals surface area contributed by atoms with Crippen LogP contribution in [-0.4, -0.2) is 30.6 Å².